The van der Waals surface area contributed by atoms with Crippen LogP contribution in [0.3, 0.4) is 0 Å². The molecule has 0 aliphatic carbocycles. The fraction of sp³-hybridized carbons (Fsp3) is 0.412. The predicted octanol–water partition coefficient (Wildman–Crippen LogP) is 1.14. The van der Waals surface area contributed by atoms with Crippen LogP contribution < -0.4 is 5.32 Å². The van der Waals surface area contributed by atoms with Gasteiger partial charge in [0.1, 0.15) is 11.9 Å². The summed E-state index contributed by atoms with van der Waals surface area (Å²) in [6, 6.07) is 2.66. The Balaban J connectivity index is 3.03. The second-order valence-corrected chi connectivity index (χ2v) is 5.16. The third-order valence-electron chi connectivity index (χ3n) is 3.34. The molecular weight excluding hydrogens is 349 g/mol. The van der Waals surface area contributed by atoms with Crippen molar-refractivity contribution in [1.29, 1.82) is 0 Å². The van der Waals surface area contributed by atoms with Gasteiger partial charge in [0.05, 0.1) is 25.6 Å². The second kappa shape index (κ2) is 10.1. The Labute approximate surface area is 149 Å². The minimum atomic E-state index is -1.73. The van der Waals surface area contributed by atoms with Crippen molar-refractivity contribution in [2.24, 2.45) is 5.92 Å². The Morgan fingerprint density at radius 1 is 1.08 bits per heavy atom. The summed E-state index contributed by atoms with van der Waals surface area (Å²) < 4.78 is 22.5. The van der Waals surface area contributed by atoms with Gasteiger partial charge in [-0.25, -0.2) is 9.18 Å². The van der Waals surface area contributed by atoms with Gasteiger partial charge in [-0.2, -0.15) is 0 Å². The molecule has 9 heteroatoms. The molecule has 142 valence electrons. The number of hydrogen-bond donors (Lipinski definition) is 2. The number of rotatable bonds is 9. The number of carboxylic acid groups (broad SMARTS) is 1. The molecular formula is C17H20FNO7. The van der Waals surface area contributed by atoms with Gasteiger partial charge in [-0.15, -0.1) is 0 Å². The first-order chi connectivity index (χ1) is 12.3. The Morgan fingerprint density at radius 2 is 1.65 bits per heavy atom. The van der Waals surface area contributed by atoms with Gasteiger partial charge >= 0.3 is 17.9 Å². The van der Waals surface area contributed by atoms with E-state index in [0.29, 0.717) is 0 Å². The maximum absolute atomic E-state index is 12.9. The van der Waals surface area contributed by atoms with Crippen LogP contribution in [0.15, 0.2) is 24.3 Å². The number of carbonyl (C=O) groups excluding carboxylic acids is 3. The molecule has 0 heterocycles. The Morgan fingerprint density at radius 3 is 2.15 bits per heavy atom. The average Bonchev–Trinajstić information content (AvgIpc) is 2.58. The minimum absolute atomic E-state index is 0.00334. The number of nitrogens with one attached hydrogen (secondary N) is 1. The second-order valence-electron chi connectivity index (χ2n) is 5.16. The van der Waals surface area contributed by atoms with Crippen molar-refractivity contribution in [3.05, 3.63) is 35.6 Å². The topological polar surface area (TPSA) is 119 Å². The van der Waals surface area contributed by atoms with Crippen LogP contribution in [-0.4, -0.2) is 48.2 Å². The molecule has 1 rings (SSSR count). The zero-order valence-corrected chi connectivity index (χ0v) is 14.4. The molecule has 0 aromatic heterocycles. The lowest BCUT2D eigenvalue weighted by molar-refractivity contribution is -0.159. The van der Waals surface area contributed by atoms with Gasteiger partial charge in [0.2, 0.25) is 0 Å². The van der Waals surface area contributed by atoms with E-state index in [0.717, 1.165) is 24.3 Å². The maximum atomic E-state index is 12.9. The van der Waals surface area contributed by atoms with Crippen LogP contribution in [0.5, 0.6) is 0 Å². The van der Waals surface area contributed by atoms with Crippen molar-refractivity contribution in [3.8, 4) is 0 Å². The SMILES string of the molecule is CCOC(=O)C[C@H](C(=O)OCC)[C@H](NC(=O)c1ccc(F)cc1)C(=O)O. The molecule has 1 amide bonds. The Kier molecular flexibility index (Phi) is 8.20. The predicted molar refractivity (Wildman–Crippen MR) is 86.7 cm³/mol. The number of ether oxygens (including phenoxy) is 2. The van der Waals surface area contributed by atoms with Gasteiger partial charge in [-0.1, -0.05) is 0 Å². The highest BCUT2D eigenvalue weighted by molar-refractivity contribution is 5.98. The van der Waals surface area contributed by atoms with Gasteiger partial charge in [0.25, 0.3) is 5.91 Å². The largest absolute Gasteiger partial charge is 0.480 e. The summed E-state index contributed by atoms with van der Waals surface area (Å²) in [5.74, 6) is -6.16. The minimum Gasteiger partial charge on any atom is -0.480 e. The number of aliphatic carboxylic acids is 1. The van der Waals surface area contributed by atoms with Crippen molar-refractivity contribution in [2.75, 3.05) is 13.2 Å². The van der Waals surface area contributed by atoms with E-state index in [2.05, 4.69) is 5.32 Å². The van der Waals surface area contributed by atoms with E-state index in [1.807, 2.05) is 0 Å². The zero-order chi connectivity index (χ0) is 19.7. The highest BCUT2D eigenvalue weighted by Gasteiger charge is 2.38. The van der Waals surface area contributed by atoms with Crippen molar-refractivity contribution < 1.29 is 38.1 Å². The monoisotopic (exact) mass is 369 g/mol. The number of amides is 1. The summed E-state index contributed by atoms with van der Waals surface area (Å²) in [6.07, 6.45) is -0.576. The molecule has 0 fully saturated rings. The van der Waals surface area contributed by atoms with Gasteiger partial charge < -0.3 is 19.9 Å². The number of carbonyl (C=O) groups is 4. The van der Waals surface area contributed by atoms with Crippen LogP contribution in [0, 0.1) is 11.7 Å². The lowest BCUT2D eigenvalue weighted by atomic mass is 9.95. The van der Waals surface area contributed by atoms with E-state index < -0.39 is 48.0 Å². The first kappa shape index (κ1) is 21.1. The summed E-state index contributed by atoms with van der Waals surface area (Å²) in [5, 5.41) is 11.6. The standard InChI is InChI=1S/C17H20FNO7/c1-3-25-13(20)9-12(17(24)26-4-2)14(16(22)23)19-15(21)10-5-7-11(18)8-6-10/h5-8,12,14H,3-4,9H2,1-2H3,(H,19,21)(H,22,23)/t12-,14-/m0/s1. The Hall–Kier alpha value is -2.97. The summed E-state index contributed by atoms with van der Waals surface area (Å²) in [5.41, 5.74) is -0.00334. The summed E-state index contributed by atoms with van der Waals surface area (Å²) in [7, 11) is 0. The highest BCUT2D eigenvalue weighted by Crippen LogP contribution is 2.15. The van der Waals surface area contributed by atoms with Crippen LogP contribution in [0.25, 0.3) is 0 Å². The van der Waals surface area contributed by atoms with E-state index in [4.69, 9.17) is 9.47 Å². The average molecular weight is 369 g/mol. The van der Waals surface area contributed by atoms with E-state index in [1.165, 1.54) is 6.92 Å². The van der Waals surface area contributed by atoms with Gasteiger partial charge in [0, 0.05) is 5.56 Å². The molecule has 0 saturated heterocycles. The first-order valence-corrected chi connectivity index (χ1v) is 7.91. The van der Waals surface area contributed by atoms with E-state index in [9.17, 15) is 28.7 Å². The third kappa shape index (κ3) is 6.15. The number of carboxylic acids is 1. The van der Waals surface area contributed by atoms with Crippen molar-refractivity contribution in [1.82, 2.24) is 5.32 Å². The van der Waals surface area contributed by atoms with Gasteiger partial charge in [-0.05, 0) is 38.1 Å². The molecule has 0 radical (unpaired) electrons. The zero-order valence-electron chi connectivity index (χ0n) is 14.4. The third-order valence-corrected chi connectivity index (χ3v) is 3.34. The van der Waals surface area contributed by atoms with E-state index in [-0.39, 0.29) is 18.8 Å². The molecule has 0 aliphatic heterocycles. The van der Waals surface area contributed by atoms with Crippen molar-refractivity contribution >= 4 is 23.8 Å². The quantitative estimate of drug-likeness (QED) is 0.627. The molecule has 0 unspecified atom stereocenters. The fourth-order valence-electron chi connectivity index (χ4n) is 2.15. The molecule has 0 saturated carbocycles. The maximum Gasteiger partial charge on any atom is 0.327 e. The van der Waals surface area contributed by atoms with Crippen LogP contribution >= 0.6 is 0 Å². The number of halogens is 1. The molecule has 8 nitrogen and oxygen atoms in total. The normalized spacial score (nSPS) is 12.6. The molecule has 1 aromatic rings. The van der Waals surface area contributed by atoms with E-state index in [1.54, 1.807) is 6.92 Å². The summed E-state index contributed by atoms with van der Waals surface area (Å²) >= 11 is 0. The molecule has 1 aromatic carbocycles. The lowest BCUT2D eigenvalue weighted by Crippen LogP contribution is -2.49. The number of hydrogen-bond acceptors (Lipinski definition) is 6. The van der Waals surface area contributed by atoms with Gasteiger partial charge in [0.15, 0.2) is 0 Å². The highest BCUT2D eigenvalue weighted by atomic mass is 19.1. The Bertz CT molecular complexity index is 660. The van der Waals surface area contributed by atoms with Crippen molar-refractivity contribution in [3.63, 3.8) is 0 Å². The fourth-order valence-corrected chi connectivity index (χ4v) is 2.15. The lowest BCUT2D eigenvalue weighted by Gasteiger charge is -2.22. The number of benzene rings is 1. The smallest absolute Gasteiger partial charge is 0.327 e. The molecule has 2 N–H and O–H groups in total. The van der Waals surface area contributed by atoms with Crippen LogP contribution in [0.1, 0.15) is 30.6 Å². The van der Waals surface area contributed by atoms with Crippen LogP contribution in [-0.2, 0) is 23.9 Å². The van der Waals surface area contributed by atoms with Crippen molar-refractivity contribution in [2.45, 2.75) is 26.3 Å². The molecule has 0 bridgehead atoms. The molecule has 0 spiro atoms. The van der Waals surface area contributed by atoms with Crippen LogP contribution in [0.2, 0.25) is 0 Å². The van der Waals surface area contributed by atoms with Gasteiger partial charge in [-0.3, -0.25) is 14.4 Å². The molecule has 2 atom stereocenters. The van der Waals surface area contributed by atoms with Crippen LogP contribution in [0.4, 0.5) is 4.39 Å². The molecule has 26 heavy (non-hydrogen) atoms. The summed E-state index contributed by atoms with van der Waals surface area (Å²) in [6.45, 7) is 3.10. The first-order valence-electron chi connectivity index (χ1n) is 7.91. The number of esters is 2. The molecule has 0 aliphatic rings. The van der Waals surface area contributed by atoms with E-state index >= 15 is 0 Å². The summed E-state index contributed by atoms with van der Waals surface area (Å²) in [4.78, 5) is 47.6.